The first-order valence-corrected chi connectivity index (χ1v) is 7.33. The molecule has 0 fully saturated rings. The van der Waals surface area contributed by atoms with Crippen LogP contribution in [0.2, 0.25) is 0 Å². The number of hydrogen-bond acceptors (Lipinski definition) is 4. The van der Waals surface area contributed by atoms with Crippen molar-refractivity contribution in [2.75, 3.05) is 14.2 Å². The molecular weight excluding hydrogens is 310 g/mol. The van der Waals surface area contributed by atoms with Gasteiger partial charge < -0.3 is 19.9 Å². The van der Waals surface area contributed by atoms with Gasteiger partial charge >= 0.3 is 5.97 Å². The van der Waals surface area contributed by atoms with Gasteiger partial charge in [0.15, 0.2) is 0 Å². The van der Waals surface area contributed by atoms with Crippen molar-refractivity contribution in [3.63, 3.8) is 0 Å². The molecule has 6 heteroatoms. The molecule has 0 heterocycles. The second-order valence-electron chi connectivity index (χ2n) is 5.14. The van der Waals surface area contributed by atoms with Gasteiger partial charge in [-0.25, -0.2) is 4.79 Å². The summed E-state index contributed by atoms with van der Waals surface area (Å²) in [7, 11) is 2.99. The molecule has 0 aromatic heterocycles. The van der Waals surface area contributed by atoms with Crippen molar-refractivity contribution in [3.8, 4) is 11.5 Å². The quantitative estimate of drug-likeness (QED) is 0.814. The predicted molar refractivity (Wildman–Crippen MR) is 88.5 cm³/mol. The van der Waals surface area contributed by atoms with E-state index in [1.54, 1.807) is 25.3 Å². The van der Waals surface area contributed by atoms with E-state index in [2.05, 4.69) is 5.32 Å². The van der Waals surface area contributed by atoms with E-state index in [-0.39, 0.29) is 30.2 Å². The first-order chi connectivity index (χ1) is 11.5. The fraction of sp³-hybridized carbons (Fsp3) is 0.222. The van der Waals surface area contributed by atoms with E-state index in [1.165, 1.54) is 13.2 Å². The van der Waals surface area contributed by atoms with Crippen LogP contribution in [-0.2, 0) is 17.8 Å². The number of benzene rings is 2. The summed E-state index contributed by atoms with van der Waals surface area (Å²) < 4.78 is 10.1. The summed E-state index contributed by atoms with van der Waals surface area (Å²) in [6.07, 6.45) is 0.221. The number of ether oxygens (including phenoxy) is 2. The molecule has 6 nitrogen and oxygen atoms in total. The Labute approximate surface area is 140 Å². The molecule has 0 atom stereocenters. The summed E-state index contributed by atoms with van der Waals surface area (Å²) in [6.45, 7) is 0.243. The van der Waals surface area contributed by atoms with E-state index in [4.69, 9.17) is 14.6 Å². The lowest BCUT2D eigenvalue weighted by Crippen LogP contribution is -2.24. The standard InChI is InChI=1S/C18H19NO5/c1-23-14-5-3-4-12(8-14)10-17(20)19-11-13-6-7-16(24-2)15(9-13)18(21)22/h3-9H,10-11H2,1-2H3,(H,19,20)(H,21,22). The first kappa shape index (κ1) is 17.3. The molecule has 0 aliphatic rings. The number of nitrogens with one attached hydrogen (secondary N) is 1. The molecular formula is C18H19NO5. The molecule has 0 aliphatic carbocycles. The number of rotatable bonds is 7. The summed E-state index contributed by atoms with van der Waals surface area (Å²) in [6, 6.07) is 12.1. The zero-order valence-corrected chi connectivity index (χ0v) is 13.5. The number of hydrogen-bond donors (Lipinski definition) is 2. The maximum absolute atomic E-state index is 12.0. The monoisotopic (exact) mass is 329 g/mol. The zero-order valence-electron chi connectivity index (χ0n) is 13.5. The van der Waals surface area contributed by atoms with E-state index in [0.29, 0.717) is 11.3 Å². The lowest BCUT2D eigenvalue weighted by atomic mass is 10.1. The second kappa shape index (κ2) is 8.01. The molecule has 2 aromatic carbocycles. The van der Waals surface area contributed by atoms with Crippen LogP contribution < -0.4 is 14.8 Å². The molecule has 2 rings (SSSR count). The molecule has 0 bridgehead atoms. The van der Waals surface area contributed by atoms with Gasteiger partial charge in [-0.3, -0.25) is 4.79 Å². The Bertz CT molecular complexity index is 742. The van der Waals surface area contributed by atoms with Gasteiger partial charge in [0, 0.05) is 6.54 Å². The third-order valence-corrected chi connectivity index (χ3v) is 3.48. The molecule has 1 amide bonds. The van der Waals surface area contributed by atoms with Crippen LogP contribution in [0.15, 0.2) is 42.5 Å². The summed E-state index contributed by atoms with van der Waals surface area (Å²) in [5.41, 5.74) is 1.59. The van der Waals surface area contributed by atoms with Crippen LogP contribution in [0.5, 0.6) is 11.5 Å². The number of carboxylic acid groups (broad SMARTS) is 1. The van der Waals surface area contributed by atoms with Crippen molar-refractivity contribution in [2.45, 2.75) is 13.0 Å². The molecule has 0 saturated carbocycles. The fourth-order valence-corrected chi connectivity index (χ4v) is 2.26. The SMILES string of the molecule is COc1cccc(CC(=O)NCc2ccc(OC)c(C(=O)O)c2)c1. The third-order valence-electron chi connectivity index (χ3n) is 3.48. The Kier molecular flexibility index (Phi) is 5.78. The average molecular weight is 329 g/mol. The fourth-order valence-electron chi connectivity index (χ4n) is 2.26. The van der Waals surface area contributed by atoms with E-state index >= 15 is 0 Å². The van der Waals surface area contributed by atoms with Crippen LogP contribution in [-0.4, -0.2) is 31.2 Å². The average Bonchev–Trinajstić information content (AvgIpc) is 2.59. The first-order valence-electron chi connectivity index (χ1n) is 7.33. The summed E-state index contributed by atoms with van der Waals surface area (Å²) >= 11 is 0. The summed E-state index contributed by atoms with van der Waals surface area (Å²) in [5.74, 6) is -0.247. The lowest BCUT2D eigenvalue weighted by Gasteiger charge is -2.09. The molecule has 0 unspecified atom stereocenters. The minimum atomic E-state index is -1.07. The number of amides is 1. The topological polar surface area (TPSA) is 84.9 Å². The summed E-state index contributed by atoms with van der Waals surface area (Å²) in [4.78, 5) is 23.2. The highest BCUT2D eigenvalue weighted by Gasteiger charge is 2.12. The Hall–Kier alpha value is -3.02. The van der Waals surface area contributed by atoms with Crippen LogP contribution in [0, 0.1) is 0 Å². The molecule has 24 heavy (non-hydrogen) atoms. The molecule has 0 spiro atoms. The van der Waals surface area contributed by atoms with Gasteiger partial charge in [0.05, 0.1) is 20.6 Å². The van der Waals surface area contributed by atoms with E-state index in [9.17, 15) is 9.59 Å². The Morgan fingerprint density at radius 3 is 2.50 bits per heavy atom. The largest absolute Gasteiger partial charge is 0.497 e. The smallest absolute Gasteiger partial charge is 0.339 e. The van der Waals surface area contributed by atoms with Gasteiger partial charge in [0.2, 0.25) is 5.91 Å². The maximum Gasteiger partial charge on any atom is 0.339 e. The van der Waals surface area contributed by atoms with Crippen LogP contribution in [0.4, 0.5) is 0 Å². The molecule has 126 valence electrons. The molecule has 2 aromatic rings. The minimum absolute atomic E-state index is 0.0667. The summed E-state index contributed by atoms with van der Waals surface area (Å²) in [5, 5.41) is 11.9. The number of carbonyl (C=O) groups is 2. The number of carboxylic acids is 1. The highest BCUT2D eigenvalue weighted by Crippen LogP contribution is 2.20. The Balaban J connectivity index is 1.98. The maximum atomic E-state index is 12.0. The molecule has 2 N–H and O–H groups in total. The van der Waals surface area contributed by atoms with Crippen molar-refractivity contribution < 1.29 is 24.2 Å². The highest BCUT2D eigenvalue weighted by molar-refractivity contribution is 5.91. The van der Waals surface area contributed by atoms with Gasteiger partial charge in [0.1, 0.15) is 17.1 Å². The van der Waals surface area contributed by atoms with Gasteiger partial charge in [-0.15, -0.1) is 0 Å². The van der Waals surface area contributed by atoms with Gasteiger partial charge in [0.25, 0.3) is 0 Å². The Morgan fingerprint density at radius 1 is 1.04 bits per heavy atom. The zero-order chi connectivity index (χ0) is 17.5. The van der Waals surface area contributed by atoms with Crippen molar-refractivity contribution >= 4 is 11.9 Å². The van der Waals surface area contributed by atoms with Gasteiger partial charge in [-0.1, -0.05) is 18.2 Å². The van der Waals surface area contributed by atoms with E-state index in [0.717, 1.165) is 5.56 Å². The lowest BCUT2D eigenvalue weighted by molar-refractivity contribution is -0.120. The molecule has 0 saturated heterocycles. The van der Waals surface area contributed by atoms with Crippen LogP contribution in [0.3, 0.4) is 0 Å². The molecule has 0 radical (unpaired) electrons. The van der Waals surface area contributed by atoms with E-state index < -0.39 is 5.97 Å². The van der Waals surface area contributed by atoms with Gasteiger partial charge in [-0.05, 0) is 35.4 Å². The van der Waals surface area contributed by atoms with Crippen molar-refractivity contribution in [2.24, 2.45) is 0 Å². The third kappa shape index (κ3) is 4.49. The van der Waals surface area contributed by atoms with Crippen molar-refractivity contribution in [1.29, 1.82) is 0 Å². The highest BCUT2D eigenvalue weighted by atomic mass is 16.5. The van der Waals surface area contributed by atoms with Crippen LogP contribution in [0.1, 0.15) is 21.5 Å². The minimum Gasteiger partial charge on any atom is -0.497 e. The number of aromatic carboxylic acids is 1. The number of methoxy groups -OCH3 is 2. The van der Waals surface area contributed by atoms with Crippen molar-refractivity contribution in [3.05, 3.63) is 59.2 Å². The van der Waals surface area contributed by atoms with E-state index in [1.807, 2.05) is 18.2 Å². The van der Waals surface area contributed by atoms with Crippen LogP contribution >= 0.6 is 0 Å². The van der Waals surface area contributed by atoms with Crippen LogP contribution in [0.25, 0.3) is 0 Å². The number of carbonyl (C=O) groups excluding carboxylic acids is 1. The second-order valence-corrected chi connectivity index (χ2v) is 5.14. The normalized spacial score (nSPS) is 10.1. The molecule has 0 aliphatic heterocycles. The van der Waals surface area contributed by atoms with Crippen molar-refractivity contribution in [1.82, 2.24) is 5.32 Å². The predicted octanol–water partition coefficient (Wildman–Crippen LogP) is 2.26. The van der Waals surface area contributed by atoms with Gasteiger partial charge in [-0.2, -0.15) is 0 Å². The Morgan fingerprint density at radius 2 is 1.83 bits per heavy atom.